The van der Waals surface area contributed by atoms with Crippen LogP contribution in [0.5, 0.6) is 0 Å². The number of anilines is 1. The maximum atomic E-state index is 5.41. The van der Waals surface area contributed by atoms with Gasteiger partial charge in [-0.1, -0.05) is 0 Å². The van der Waals surface area contributed by atoms with Crippen molar-refractivity contribution in [2.24, 2.45) is 0 Å². The lowest BCUT2D eigenvalue weighted by Gasteiger charge is -2.26. The largest absolute Gasteiger partial charge is 0.380 e. The highest BCUT2D eigenvalue weighted by Gasteiger charge is 2.16. The number of hydrogen-bond acceptors (Lipinski definition) is 4. The van der Waals surface area contributed by atoms with Crippen molar-refractivity contribution in [2.75, 3.05) is 25.1 Å². The third-order valence-electron chi connectivity index (χ3n) is 2.55. The summed E-state index contributed by atoms with van der Waals surface area (Å²) in [6.45, 7) is 4.78. The summed E-state index contributed by atoms with van der Waals surface area (Å²) in [6.07, 6.45) is 4.72. The fourth-order valence-corrected chi connectivity index (χ4v) is 1.87. The van der Waals surface area contributed by atoms with Crippen LogP contribution in [0.1, 0.15) is 13.3 Å². The minimum Gasteiger partial charge on any atom is -0.380 e. The fourth-order valence-electron chi connectivity index (χ4n) is 1.87. The maximum Gasteiger partial charge on any atom is 0.0725 e. The standard InChI is InChI=1S/C10H18N4O/c1-8(14-10-5-12-13-6-10)4-9-7-15-3-2-11-9/h5-6,8-9,11,14H,2-4,7H2,1H3,(H,12,13). The molecular formula is C10H18N4O. The monoisotopic (exact) mass is 210 g/mol. The summed E-state index contributed by atoms with van der Waals surface area (Å²) < 4.78 is 5.41. The molecule has 3 N–H and O–H groups in total. The molecule has 0 aromatic carbocycles. The van der Waals surface area contributed by atoms with Crippen molar-refractivity contribution in [3.05, 3.63) is 12.4 Å². The first-order chi connectivity index (χ1) is 7.34. The van der Waals surface area contributed by atoms with Crippen molar-refractivity contribution in [1.29, 1.82) is 0 Å². The van der Waals surface area contributed by atoms with Crippen molar-refractivity contribution < 1.29 is 4.74 Å². The zero-order valence-electron chi connectivity index (χ0n) is 8.99. The van der Waals surface area contributed by atoms with Crippen molar-refractivity contribution >= 4 is 5.69 Å². The van der Waals surface area contributed by atoms with Crippen molar-refractivity contribution in [1.82, 2.24) is 15.5 Å². The summed E-state index contributed by atoms with van der Waals surface area (Å²) >= 11 is 0. The minimum absolute atomic E-state index is 0.418. The van der Waals surface area contributed by atoms with Crippen LogP contribution in [0.2, 0.25) is 0 Å². The number of ether oxygens (including phenoxy) is 1. The Balaban J connectivity index is 1.74. The average Bonchev–Trinajstić information content (AvgIpc) is 2.71. The van der Waals surface area contributed by atoms with Gasteiger partial charge < -0.3 is 15.4 Å². The Morgan fingerprint density at radius 1 is 1.73 bits per heavy atom. The fraction of sp³-hybridized carbons (Fsp3) is 0.700. The maximum absolute atomic E-state index is 5.41. The van der Waals surface area contributed by atoms with E-state index in [9.17, 15) is 0 Å². The van der Waals surface area contributed by atoms with Crippen molar-refractivity contribution in [3.8, 4) is 0 Å². The minimum atomic E-state index is 0.418. The van der Waals surface area contributed by atoms with Crippen LogP contribution in [0, 0.1) is 0 Å². The molecule has 84 valence electrons. The Bertz CT molecular complexity index is 269. The Labute approximate surface area is 89.6 Å². The highest BCUT2D eigenvalue weighted by atomic mass is 16.5. The van der Waals surface area contributed by atoms with E-state index in [2.05, 4.69) is 27.8 Å². The van der Waals surface area contributed by atoms with E-state index in [0.29, 0.717) is 12.1 Å². The van der Waals surface area contributed by atoms with Gasteiger partial charge in [0.2, 0.25) is 0 Å². The van der Waals surface area contributed by atoms with Gasteiger partial charge in [0.25, 0.3) is 0 Å². The SMILES string of the molecule is CC(CC1COCCN1)Nc1cn[nH]c1. The first-order valence-electron chi connectivity index (χ1n) is 5.41. The lowest BCUT2D eigenvalue weighted by atomic mass is 10.1. The van der Waals surface area contributed by atoms with E-state index >= 15 is 0 Å². The summed E-state index contributed by atoms with van der Waals surface area (Å²) in [5.74, 6) is 0. The van der Waals surface area contributed by atoms with Crippen LogP contribution in [0.25, 0.3) is 0 Å². The molecule has 0 radical (unpaired) electrons. The first-order valence-corrected chi connectivity index (χ1v) is 5.41. The molecule has 1 fully saturated rings. The van der Waals surface area contributed by atoms with Gasteiger partial charge in [-0.05, 0) is 13.3 Å². The molecule has 2 heterocycles. The lowest BCUT2D eigenvalue weighted by molar-refractivity contribution is 0.0731. The molecule has 5 nitrogen and oxygen atoms in total. The molecule has 0 saturated carbocycles. The number of morpholine rings is 1. The number of rotatable bonds is 4. The molecule has 0 bridgehead atoms. The molecule has 5 heteroatoms. The molecular weight excluding hydrogens is 192 g/mol. The highest BCUT2D eigenvalue weighted by Crippen LogP contribution is 2.09. The number of aromatic amines is 1. The van der Waals surface area contributed by atoms with Crippen LogP contribution >= 0.6 is 0 Å². The molecule has 1 aromatic heterocycles. The number of nitrogens with one attached hydrogen (secondary N) is 3. The predicted molar refractivity (Wildman–Crippen MR) is 58.9 cm³/mol. The van der Waals surface area contributed by atoms with Crippen LogP contribution in [0.3, 0.4) is 0 Å². The normalized spacial score (nSPS) is 23.7. The van der Waals surface area contributed by atoms with Gasteiger partial charge in [0.15, 0.2) is 0 Å². The molecule has 0 aliphatic carbocycles. The zero-order valence-corrected chi connectivity index (χ0v) is 8.99. The predicted octanol–water partition coefficient (Wildman–Crippen LogP) is 0.589. The van der Waals surface area contributed by atoms with Gasteiger partial charge in [0.1, 0.15) is 0 Å². The zero-order chi connectivity index (χ0) is 10.5. The Hall–Kier alpha value is -1.07. The number of nitrogens with zero attached hydrogens (tertiary/aromatic N) is 1. The molecule has 0 spiro atoms. The second kappa shape index (κ2) is 5.14. The number of aromatic nitrogens is 2. The van der Waals surface area contributed by atoms with Gasteiger partial charge in [0.05, 0.1) is 25.1 Å². The lowest BCUT2D eigenvalue weighted by Crippen LogP contribution is -2.43. The summed E-state index contributed by atoms with van der Waals surface area (Å²) in [6, 6.07) is 0.884. The van der Waals surface area contributed by atoms with Crippen LogP contribution < -0.4 is 10.6 Å². The van der Waals surface area contributed by atoms with E-state index in [1.165, 1.54) is 0 Å². The number of hydrogen-bond donors (Lipinski definition) is 3. The molecule has 1 aromatic rings. The Morgan fingerprint density at radius 2 is 2.67 bits per heavy atom. The topological polar surface area (TPSA) is 62.0 Å². The molecule has 2 atom stereocenters. The van der Waals surface area contributed by atoms with Crippen LogP contribution in [0.4, 0.5) is 5.69 Å². The van der Waals surface area contributed by atoms with E-state index < -0.39 is 0 Å². The van der Waals surface area contributed by atoms with Gasteiger partial charge in [-0.2, -0.15) is 5.10 Å². The van der Waals surface area contributed by atoms with Crippen LogP contribution in [-0.2, 0) is 4.74 Å². The molecule has 1 aliphatic rings. The third kappa shape index (κ3) is 3.21. The highest BCUT2D eigenvalue weighted by molar-refractivity contribution is 5.38. The van der Waals surface area contributed by atoms with Gasteiger partial charge in [0, 0.05) is 24.8 Å². The quantitative estimate of drug-likeness (QED) is 0.680. The van der Waals surface area contributed by atoms with Gasteiger partial charge in [-0.3, -0.25) is 5.10 Å². The van der Waals surface area contributed by atoms with E-state index in [4.69, 9.17) is 4.74 Å². The van der Waals surface area contributed by atoms with Crippen molar-refractivity contribution in [3.63, 3.8) is 0 Å². The van der Waals surface area contributed by atoms with Crippen molar-refractivity contribution in [2.45, 2.75) is 25.4 Å². The van der Waals surface area contributed by atoms with Crippen LogP contribution in [0.15, 0.2) is 12.4 Å². The molecule has 15 heavy (non-hydrogen) atoms. The molecule has 2 rings (SSSR count). The summed E-state index contributed by atoms with van der Waals surface area (Å²) in [4.78, 5) is 0. The van der Waals surface area contributed by atoms with E-state index in [1.54, 1.807) is 6.20 Å². The molecule has 1 aliphatic heterocycles. The van der Waals surface area contributed by atoms with Crippen LogP contribution in [-0.4, -0.2) is 42.0 Å². The van der Waals surface area contributed by atoms with Gasteiger partial charge in [-0.25, -0.2) is 0 Å². The summed E-state index contributed by atoms with van der Waals surface area (Å²) in [5, 5.41) is 13.5. The second-order valence-electron chi connectivity index (χ2n) is 3.99. The molecule has 0 amide bonds. The average molecular weight is 210 g/mol. The summed E-state index contributed by atoms with van der Waals surface area (Å²) in [5.41, 5.74) is 1.04. The summed E-state index contributed by atoms with van der Waals surface area (Å²) in [7, 11) is 0. The molecule has 1 saturated heterocycles. The molecule has 2 unspecified atom stereocenters. The van der Waals surface area contributed by atoms with E-state index in [0.717, 1.165) is 31.9 Å². The van der Waals surface area contributed by atoms with E-state index in [-0.39, 0.29) is 0 Å². The smallest absolute Gasteiger partial charge is 0.0725 e. The Morgan fingerprint density at radius 3 is 3.33 bits per heavy atom. The van der Waals surface area contributed by atoms with Gasteiger partial charge >= 0.3 is 0 Å². The van der Waals surface area contributed by atoms with Gasteiger partial charge in [-0.15, -0.1) is 0 Å². The second-order valence-corrected chi connectivity index (χ2v) is 3.99. The third-order valence-corrected chi connectivity index (χ3v) is 2.55. The number of H-pyrrole nitrogens is 1. The van der Waals surface area contributed by atoms with E-state index in [1.807, 2.05) is 6.20 Å². The first kappa shape index (κ1) is 10.4. The Kier molecular flexibility index (Phi) is 3.58.